The SMILES string of the molecule is Cc1nn(C)c2ncc(NC(=O)N3CCN(Cc4ccccc4)CC3)cc12. The Morgan fingerprint density at radius 1 is 1.15 bits per heavy atom. The van der Waals surface area contributed by atoms with E-state index in [2.05, 4.69) is 44.6 Å². The zero-order chi connectivity index (χ0) is 18.8. The van der Waals surface area contributed by atoms with Crippen LogP contribution in [0.3, 0.4) is 0 Å². The highest BCUT2D eigenvalue weighted by molar-refractivity contribution is 5.92. The lowest BCUT2D eigenvalue weighted by molar-refractivity contribution is 0.143. The minimum Gasteiger partial charge on any atom is -0.322 e. The molecule has 7 nitrogen and oxygen atoms in total. The number of aryl methyl sites for hydroxylation is 2. The summed E-state index contributed by atoms with van der Waals surface area (Å²) in [5.41, 5.74) is 3.74. The number of fused-ring (bicyclic) bond motifs is 1. The molecule has 1 saturated heterocycles. The Kier molecular flexibility index (Phi) is 4.77. The maximum absolute atomic E-state index is 12.6. The van der Waals surface area contributed by atoms with Gasteiger partial charge in [-0.2, -0.15) is 5.10 Å². The maximum atomic E-state index is 12.6. The van der Waals surface area contributed by atoms with Gasteiger partial charge in [0.05, 0.1) is 17.6 Å². The molecule has 0 spiro atoms. The van der Waals surface area contributed by atoms with Gasteiger partial charge in [-0.25, -0.2) is 9.78 Å². The molecule has 2 amide bonds. The third-order valence-electron chi connectivity index (χ3n) is 5.02. The molecule has 1 aromatic carbocycles. The molecule has 27 heavy (non-hydrogen) atoms. The standard InChI is InChI=1S/C20H24N6O/c1-15-18-12-17(13-21-19(18)24(2)23-15)22-20(27)26-10-8-25(9-11-26)14-16-6-4-3-5-7-16/h3-7,12-13H,8-11,14H2,1-2H3,(H,22,27). The topological polar surface area (TPSA) is 66.3 Å². The van der Waals surface area contributed by atoms with Crippen LogP contribution in [0.1, 0.15) is 11.3 Å². The van der Waals surface area contributed by atoms with Gasteiger partial charge in [-0.05, 0) is 18.6 Å². The quantitative estimate of drug-likeness (QED) is 0.776. The summed E-state index contributed by atoms with van der Waals surface area (Å²) in [6.45, 7) is 6.07. The number of amides is 2. The first-order valence-electron chi connectivity index (χ1n) is 9.22. The van der Waals surface area contributed by atoms with Gasteiger partial charge in [-0.3, -0.25) is 9.58 Å². The van der Waals surface area contributed by atoms with Gasteiger partial charge in [0.25, 0.3) is 0 Å². The van der Waals surface area contributed by atoms with Crippen molar-refractivity contribution in [3.63, 3.8) is 0 Å². The second-order valence-corrected chi connectivity index (χ2v) is 6.98. The molecule has 1 aliphatic rings. The number of carbonyl (C=O) groups excluding carboxylic acids is 1. The van der Waals surface area contributed by atoms with Crippen molar-refractivity contribution in [1.82, 2.24) is 24.6 Å². The zero-order valence-electron chi connectivity index (χ0n) is 15.7. The van der Waals surface area contributed by atoms with E-state index in [9.17, 15) is 4.79 Å². The molecule has 7 heteroatoms. The molecule has 4 rings (SSSR count). The number of nitrogens with one attached hydrogen (secondary N) is 1. The first kappa shape index (κ1) is 17.5. The highest BCUT2D eigenvalue weighted by Gasteiger charge is 2.21. The predicted octanol–water partition coefficient (Wildman–Crippen LogP) is 2.63. The third-order valence-corrected chi connectivity index (χ3v) is 5.02. The van der Waals surface area contributed by atoms with E-state index >= 15 is 0 Å². The molecule has 1 aliphatic heterocycles. The van der Waals surface area contributed by atoms with Gasteiger partial charge in [0.2, 0.25) is 0 Å². The van der Waals surface area contributed by atoms with Crippen molar-refractivity contribution in [3.8, 4) is 0 Å². The summed E-state index contributed by atoms with van der Waals surface area (Å²) in [7, 11) is 1.87. The molecule has 2 aromatic heterocycles. The summed E-state index contributed by atoms with van der Waals surface area (Å²) >= 11 is 0. The van der Waals surface area contributed by atoms with Crippen LogP contribution in [-0.2, 0) is 13.6 Å². The largest absolute Gasteiger partial charge is 0.322 e. The van der Waals surface area contributed by atoms with Crippen molar-refractivity contribution in [2.45, 2.75) is 13.5 Å². The van der Waals surface area contributed by atoms with Crippen molar-refractivity contribution in [1.29, 1.82) is 0 Å². The third kappa shape index (κ3) is 3.78. The van der Waals surface area contributed by atoms with Crippen molar-refractivity contribution in [2.24, 2.45) is 7.05 Å². The summed E-state index contributed by atoms with van der Waals surface area (Å²) in [6.07, 6.45) is 1.69. The maximum Gasteiger partial charge on any atom is 0.321 e. The fraction of sp³-hybridized carbons (Fsp3) is 0.350. The van der Waals surface area contributed by atoms with Gasteiger partial charge in [0.15, 0.2) is 5.65 Å². The highest BCUT2D eigenvalue weighted by atomic mass is 16.2. The summed E-state index contributed by atoms with van der Waals surface area (Å²) in [5.74, 6) is 0. The van der Waals surface area contributed by atoms with Gasteiger partial charge in [0, 0.05) is 45.2 Å². The van der Waals surface area contributed by atoms with E-state index in [1.54, 1.807) is 10.9 Å². The van der Waals surface area contributed by atoms with Crippen LogP contribution in [0.5, 0.6) is 0 Å². The number of urea groups is 1. The molecule has 0 radical (unpaired) electrons. The number of anilines is 1. The second-order valence-electron chi connectivity index (χ2n) is 6.98. The number of rotatable bonds is 3. The number of piperazine rings is 1. The summed E-state index contributed by atoms with van der Waals surface area (Å²) < 4.78 is 1.75. The summed E-state index contributed by atoms with van der Waals surface area (Å²) in [4.78, 5) is 21.3. The summed E-state index contributed by atoms with van der Waals surface area (Å²) in [5, 5.41) is 8.30. The first-order chi connectivity index (χ1) is 13.1. The van der Waals surface area contributed by atoms with Gasteiger partial charge >= 0.3 is 6.03 Å². The molecule has 3 heterocycles. The van der Waals surface area contributed by atoms with Crippen molar-refractivity contribution in [2.75, 3.05) is 31.5 Å². The molecule has 0 saturated carbocycles. The van der Waals surface area contributed by atoms with Crippen LogP contribution in [-0.4, -0.2) is 56.8 Å². The lowest BCUT2D eigenvalue weighted by atomic mass is 10.2. The van der Waals surface area contributed by atoms with E-state index in [4.69, 9.17) is 0 Å². The zero-order valence-corrected chi connectivity index (χ0v) is 15.7. The lowest BCUT2D eigenvalue weighted by Crippen LogP contribution is -2.49. The molecular weight excluding hydrogens is 340 g/mol. The molecule has 1 fully saturated rings. The first-order valence-corrected chi connectivity index (χ1v) is 9.22. The molecule has 140 valence electrons. The fourth-order valence-corrected chi connectivity index (χ4v) is 3.53. The van der Waals surface area contributed by atoms with Crippen LogP contribution >= 0.6 is 0 Å². The Bertz CT molecular complexity index is 944. The molecule has 1 N–H and O–H groups in total. The number of aromatic nitrogens is 3. The van der Waals surface area contributed by atoms with Crippen molar-refractivity contribution < 1.29 is 4.79 Å². The second kappa shape index (κ2) is 7.36. The van der Waals surface area contributed by atoms with Crippen LogP contribution in [0.25, 0.3) is 11.0 Å². The molecule has 0 bridgehead atoms. The number of carbonyl (C=O) groups is 1. The fourth-order valence-electron chi connectivity index (χ4n) is 3.53. The lowest BCUT2D eigenvalue weighted by Gasteiger charge is -2.34. The van der Waals surface area contributed by atoms with Crippen molar-refractivity contribution >= 4 is 22.8 Å². The van der Waals surface area contributed by atoms with Gasteiger partial charge in [-0.1, -0.05) is 30.3 Å². The average molecular weight is 364 g/mol. The van der Waals surface area contributed by atoms with Crippen LogP contribution < -0.4 is 5.32 Å². The van der Waals surface area contributed by atoms with Crippen LogP contribution in [0, 0.1) is 6.92 Å². The average Bonchev–Trinajstić information content (AvgIpc) is 2.96. The van der Waals surface area contributed by atoms with Crippen LogP contribution in [0.4, 0.5) is 10.5 Å². The number of pyridine rings is 1. The Balaban J connectivity index is 1.35. The van der Waals surface area contributed by atoms with Crippen LogP contribution in [0.15, 0.2) is 42.6 Å². The number of nitrogens with zero attached hydrogens (tertiary/aromatic N) is 5. The highest BCUT2D eigenvalue weighted by Crippen LogP contribution is 2.19. The molecular formula is C20H24N6O. The molecule has 3 aromatic rings. The van der Waals surface area contributed by atoms with E-state index in [-0.39, 0.29) is 6.03 Å². The van der Waals surface area contributed by atoms with Crippen LogP contribution in [0.2, 0.25) is 0 Å². The van der Waals surface area contributed by atoms with E-state index in [0.29, 0.717) is 5.69 Å². The molecule has 0 unspecified atom stereocenters. The Hall–Kier alpha value is -2.93. The normalized spacial score (nSPS) is 15.3. The number of hydrogen-bond donors (Lipinski definition) is 1. The minimum atomic E-state index is -0.0722. The van der Waals surface area contributed by atoms with Gasteiger partial charge in [-0.15, -0.1) is 0 Å². The van der Waals surface area contributed by atoms with Gasteiger partial charge in [0.1, 0.15) is 0 Å². The van der Waals surface area contributed by atoms with Crippen molar-refractivity contribution in [3.05, 3.63) is 53.9 Å². The Morgan fingerprint density at radius 2 is 1.89 bits per heavy atom. The van der Waals surface area contributed by atoms with E-state index in [1.807, 2.05) is 31.0 Å². The number of hydrogen-bond acceptors (Lipinski definition) is 4. The Labute approximate surface area is 158 Å². The monoisotopic (exact) mass is 364 g/mol. The molecule has 0 atom stereocenters. The van der Waals surface area contributed by atoms with E-state index in [1.165, 1.54) is 5.56 Å². The summed E-state index contributed by atoms with van der Waals surface area (Å²) in [6, 6.07) is 12.3. The molecule has 0 aliphatic carbocycles. The Morgan fingerprint density at radius 3 is 2.63 bits per heavy atom. The predicted molar refractivity (Wildman–Crippen MR) is 106 cm³/mol. The van der Waals surface area contributed by atoms with Gasteiger partial charge < -0.3 is 10.2 Å². The van der Waals surface area contributed by atoms with E-state index < -0.39 is 0 Å². The van der Waals surface area contributed by atoms with E-state index in [0.717, 1.165) is 49.5 Å². The minimum absolute atomic E-state index is 0.0722. The smallest absolute Gasteiger partial charge is 0.321 e. The number of benzene rings is 1.